The molecular formula is C19H21N3O2. The predicted molar refractivity (Wildman–Crippen MR) is 97.0 cm³/mol. The lowest BCUT2D eigenvalue weighted by Crippen LogP contribution is -2.25. The number of nitrogens with one attached hydrogen (secondary N) is 2. The van der Waals surface area contributed by atoms with Crippen molar-refractivity contribution in [2.45, 2.75) is 26.8 Å². The normalized spacial score (nSPS) is 10.9. The Kier molecular flexibility index (Phi) is 4.51. The number of fused-ring (bicyclic) bond motifs is 3. The Bertz CT molecular complexity index is 912. The van der Waals surface area contributed by atoms with E-state index in [1.54, 1.807) is 0 Å². The summed E-state index contributed by atoms with van der Waals surface area (Å²) in [6.45, 7) is 4.81. The fourth-order valence-corrected chi connectivity index (χ4v) is 3.05. The molecule has 3 rings (SSSR count). The summed E-state index contributed by atoms with van der Waals surface area (Å²) in [4.78, 5) is 22.8. The van der Waals surface area contributed by atoms with Crippen LogP contribution >= 0.6 is 0 Å². The van der Waals surface area contributed by atoms with Gasteiger partial charge in [-0.15, -0.1) is 0 Å². The first-order valence-electron chi connectivity index (χ1n) is 8.15. The predicted octanol–water partition coefficient (Wildman–Crippen LogP) is 3.28. The summed E-state index contributed by atoms with van der Waals surface area (Å²) in [5.74, 6) is -0.237. The van der Waals surface area contributed by atoms with Gasteiger partial charge in [0.25, 0.3) is 0 Å². The Morgan fingerprint density at radius 3 is 2.54 bits per heavy atom. The third-order valence-electron chi connectivity index (χ3n) is 4.10. The van der Waals surface area contributed by atoms with E-state index in [1.807, 2.05) is 30.3 Å². The third kappa shape index (κ3) is 3.11. The van der Waals surface area contributed by atoms with E-state index in [4.69, 9.17) is 0 Å². The molecule has 0 saturated carbocycles. The molecule has 3 aromatic rings. The van der Waals surface area contributed by atoms with Gasteiger partial charge in [0, 0.05) is 53.9 Å². The van der Waals surface area contributed by atoms with Crippen LogP contribution in [0.15, 0.2) is 42.5 Å². The minimum Gasteiger partial charge on any atom is -0.356 e. The molecule has 0 radical (unpaired) electrons. The number of carbonyl (C=O) groups is 2. The molecule has 0 saturated heterocycles. The second-order valence-corrected chi connectivity index (χ2v) is 5.77. The van der Waals surface area contributed by atoms with Gasteiger partial charge in [0.05, 0.1) is 0 Å². The van der Waals surface area contributed by atoms with Crippen molar-refractivity contribution < 1.29 is 9.59 Å². The van der Waals surface area contributed by atoms with E-state index in [9.17, 15) is 9.59 Å². The van der Waals surface area contributed by atoms with Gasteiger partial charge >= 0.3 is 0 Å². The van der Waals surface area contributed by atoms with Crippen molar-refractivity contribution in [3.05, 3.63) is 42.5 Å². The maximum atomic E-state index is 12.0. The Labute approximate surface area is 140 Å². The van der Waals surface area contributed by atoms with Crippen molar-refractivity contribution in [1.29, 1.82) is 0 Å². The van der Waals surface area contributed by atoms with Crippen LogP contribution in [-0.2, 0) is 16.1 Å². The van der Waals surface area contributed by atoms with Crippen molar-refractivity contribution in [2.75, 3.05) is 11.9 Å². The minimum absolute atomic E-state index is 0.109. The number of rotatable bonds is 5. The number of hydrogen-bond acceptors (Lipinski definition) is 2. The summed E-state index contributed by atoms with van der Waals surface area (Å²) in [5, 5.41) is 7.84. The lowest BCUT2D eigenvalue weighted by molar-refractivity contribution is -0.119. The average Bonchev–Trinajstić information content (AvgIpc) is 2.87. The maximum absolute atomic E-state index is 12.0. The van der Waals surface area contributed by atoms with E-state index in [-0.39, 0.29) is 18.2 Å². The SMILES string of the molecule is CCn1c2ccccc2c2cc(NC(=O)CCNC(C)=O)ccc21. The highest BCUT2D eigenvalue weighted by Gasteiger charge is 2.10. The fourth-order valence-electron chi connectivity index (χ4n) is 3.05. The molecule has 2 amide bonds. The van der Waals surface area contributed by atoms with E-state index < -0.39 is 0 Å². The summed E-state index contributed by atoms with van der Waals surface area (Å²) >= 11 is 0. The first-order valence-corrected chi connectivity index (χ1v) is 8.15. The molecule has 0 aliphatic heterocycles. The number of amides is 2. The number of hydrogen-bond donors (Lipinski definition) is 2. The van der Waals surface area contributed by atoms with Crippen LogP contribution in [0.1, 0.15) is 20.3 Å². The molecule has 0 atom stereocenters. The van der Waals surface area contributed by atoms with Gasteiger partial charge in [0.2, 0.25) is 11.8 Å². The average molecular weight is 323 g/mol. The Hall–Kier alpha value is -2.82. The van der Waals surface area contributed by atoms with Gasteiger partial charge in [0.1, 0.15) is 0 Å². The fraction of sp³-hybridized carbons (Fsp3) is 0.263. The molecular weight excluding hydrogens is 302 g/mol. The lowest BCUT2D eigenvalue weighted by Gasteiger charge is -2.07. The first kappa shape index (κ1) is 16.1. The summed E-state index contributed by atoms with van der Waals surface area (Å²) < 4.78 is 2.27. The van der Waals surface area contributed by atoms with Crippen LogP contribution in [-0.4, -0.2) is 22.9 Å². The lowest BCUT2D eigenvalue weighted by atomic mass is 10.1. The van der Waals surface area contributed by atoms with E-state index in [0.29, 0.717) is 6.54 Å². The Morgan fingerprint density at radius 1 is 1.04 bits per heavy atom. The Morgan fingerprint density at radius 2 is 1.79 bits per heavy atom. The van der Waals surface area contributed by atoms with E-state index in [2.05, 4.69) is 34.3 Å². The van der Waals surface area contributed by atoms with Crippen LogP contribution in [0.25, 0.3) is 21.8 Å². The third-order valence-corrected chi connectivity index (χ3v) is 4.10. The Balaban J connectivity index is 1.87. The molecule has 2 N–H and O–H groups in total. The van der Waals surface area contributed by atoms with E-state index in [0.717, 1.165) is 23.1 Å². The number of anilines is 1. The molecule has 0 aliphatic carbocycles. The smallest absolute Gasteiger partial charge is 0.226 e. The second kappa shape index (κ2) is 6.74. The number of aromatic nitrogens is 1. The largest absolute Gasteiger partial charge is 0.356 e. The molecule has 1 heterocycles. The zero-order chi connectivity index (χ0) is 17.1. The molecule has 5 nitrogen and oxygen atoms in total. The highest BCUT2D eigenvalue weighted by Crippen LogP contribution is 2.30. The summed E-state index contributed by atoms with van der Waals surface area (Å²) in [6.07, 6.45) is 0.258. The topological polar surface area (TPSA) is 63.1 Å². The number of para-hydroxylation sites is 1. The minimum atomic E-state index is -0.128. The zero-order valence-corrected chi connectivity index (χ0v) is 13.9. The molecule has 1 aromatic heterocycles. The molecule has 24 heavy (non-hydrogen) atoms. The second-order valence-electron chi connectivity index (χ2n) is 5.77. The van der Waals surface area contributed by atoms with Gasteiger partial charge in [0.15, 0.2) is 0 Å². The number of aryl methyl sites for hydroxylation is 1. The molecule has 0 bridgehead atoms. The number of nitrogens with zero attached hydrogens (tertiary/aromatic N) is 1. The summed E-state index contributed by atoms with van der Waals surface area (Å²) in [5.41, 5.74) is 3.13. The van der Waals surface area contributed by atoms with Gasteiger partial charge in [-0.05, 0) is 31.2 Å². The molecule has 2 aromatic carbocycles. The van der Waals surface area contributed by atoms with Crippen LogP contribution in [0.3, 0.4) is 0 Å². The van der Waals surface area contributed by atoms with Crippen molar-refractivity contribution in [1.82, 2.24) is 9.88 Å². The van der Waals surface area contributed by atoms with Crippen molar-refractivity contribution in [3.63, 3.8) is 0 Å². The quantitative estimate of drug-likeness (QED) is 0.757. The standard InChI is InChI=1S/C19H21N3O2/c1-3-22-17-7-5-4-6-15(17)16-12-14(8-9-18(16)22)21-19(24)10-11-20-13(2)23/h4-9,12H,3,10-11H2,1-2H3,(H,20,23)(H,21,24). The molecule has 0 spiro atoms. The number of carbonyl (C=O) groups excluding carboxylic acids is 2. The molecule has 0 aliphatic rings. The van der Waals surface area contributed by atoms with Crippen LogP contribution in [0.5, 0.6) is 0 Å². The monoisotopic (exact) mass is 323 g/mol. The molecule has 5 heteroatoms. The van der Waals surface area contributed by atoms with Crippen molar-refractivity contribution >= 4 is 39.3 Å². The highest BCUT2D eigenvalue weighted by molar-refractivity contribution is 6.09. The van der Waals surface area contributed by atoms with Crippen molar-refractivity contribution in [2.24, 2.45) is 0 Å². The maximum Gasteiger partial charge on any atom is 0.226 e. The summed E-state index contributed by atoms with van der Waals surface area (Å²) in [7, 11) is 0. The van der Waals surface area contributed by atoms with E-state index in [1.165, 1.54) is 17.8 Å². The number of benzene rings is 2. The van der Waals surface area contributed by atoms with Crippen LogP contribution in [0, 0.1) is 0 Å². The summed E-state index contributed by atoms with van der Waals surface area (Å²) in [6, 6.07) is 14.3. The van der Waals surface area contributed by atoms with Gasteiger partial charge in [-0.25, -0.2) is 0 Å². The molecule has 124 valence electrons. The molecule has 0 unspecified atom stereocenters. The van der Waals surface area contributed by atoms with Gasteiger partial charge < -0.3 is 15.2 Å². The highest BCUT2D eigenvalue weighted by atomic mass is 16.2. The van der Waals surface area contributed by atoms with Crippen LogP contribution in [0.2, 0.25) is 0 Å². The van der Waals surface area contributed by atoms with Gasteiger partial charge in [-0.1, -0.05) is 18.2 Å². The first-order chi connectivity index (χ1) is 11.6. The molecule has 0 fully saturated rings. The van der Waals surface area contributed by atoms with Gasteiger partial charge in [-0.3, -0.25) is 9.59 Å². The van der Waals surface area contributed by atoms with Crippen LogP contribution < -0.4 is 10.6 Å². The zero-order valence-electron chi connectivity index (χ0n) is 13.9. The van der Waals surface area contributed by atoms with Crippen LogP contribution in [0.4, 0.5) is 5.69 Å². The van der Waals surface area contributed by atoms with Crippen molar-refractivity contribution in [3.8, 4) is 0 Å². The van der Waals surface area contributed by atoms with E-state index >= 15 is 0 Å². The van der Waals surface area contributed by atoms with Gasteiger partial charge in [-0.2, -0.15) is 0 Å².